The molecule has 6 heteroatoms. The van der Waals surface area contributed by atoms with Crippen molar-refractivity contribution in [3.05, 3.63) is 12.7 Å². The fourth-order valence-corrected chi connectivity index (χ4v) is 1.04. The van der Waals surface area contributed by atoms with Gasteiger partial charge in [-0.25, -0.2) is 0 Å². The number of allylic oxidation sites excluding steroid dienone is 1. The lowest BCUT2D eigenvalue weighted by molar-refractivity contribution is -0.104. The Morgan fingerprint density at radius 2 is 1.91 bits per heavy atom. The average molecular weight is 198 g/mol. The molecule has 0 aromatic heterocycles. The first-order chi connectivity index (χ1) is 4.97. The number of carbonyl (C=O) groups is 1. The van der Waals surface area contributed by atoms with Crippen LogP contribution < -0.4 is 0 Å². The average Bonchev–Trinajstić information content (AvgIpc) is 1.86. The Bertz CT molecular complexity index is 189. The van der Waals surface area contributed by atoms with Gasteiger partial charge >= 0.3 is 0 Å². The summed E-state index contributed by atoms with van der Waals surface area (Å²) in [5, 5.41) is 0. The van der Waals surface area contributed by atoms with Crippen LogP contribution in [0.5, 0.6) is 0 Å². The van der Waals surface area contributed by atoms with Crippen molar-refractivity contribution in [1.82, 2.24) is 0 Å². The zero-order valence-electron chi connectivity index (χ0n) is 5.80. The van der Waals surface area contributed by atoms with Crippen LogP contribution in [0.4, 0.5) is 0 Å². The third kappa shape index (κ3) is 26.1. The van der Waals surface area contributed by atoms with E-state index in [1.54, 1.807) is 0 Å². The minimum atomic E-state index is -3.75. The molecule has 0 heterocycles. The van der Waals surface area contributed by atoms with E-state index in [1.807, 2.05) is 0 Å². The first-order valence-electron chi connectivity index (χ1n) is 2.60. The summed E-state index contributed by atoms with van der Waals surface area (Å²) >= 11 is 3.57. The summed E-state index contributed by atoms with van der Waals surface area (Å²) in [6.07, 6.45) is 1.83. The fraction of sp³-hybridized carbons (Fsp3) is 0.400. The van der Waals surface area contributed by atoms with E-state index in [1.165, 1.54) is 6.08 Å². The molecule has 0 unspecified atom stereocenters. The first-order valence-corrected chi connectivity index (χ1v) is 4.84. The fourth-order valence-electron chi connectivity index (χ4n) is 0.115. The molecule has 4 nitrogen and oxygen atoms in total. The van der Waals surface area contributed by atoms with Crippen molar-refractivity contribution in [2.45, 2.75) is 0 Å². The first kappa shape index (κ1) is 13.3. The second kappa shape index (κ2) is 7.77. The Morgan fingerprint density at radius 1 is 1.55 bits per heavy atom. The molecule has 0 aliphatic carbocycles. The van der Waals surface area contributed by atoms with Crippen LogP contribution in [-0.2, 0) is 14.9 Å². The molecular formula is C5H10O4S2. The van der Waals surface area contributed by atoms with Crippen molar-refractivity contribution in [3.8, 4) is 0 Å². The van der Waals surface area contributed by atoms with Crippen LogP contribution in [0.3, 0.4) is 0 Å². The van der Waals surface area contributed by atoms with Gasteiger partial charge in [0.05, 0.1) is 5.75 Å². The predicted octanol–water partition coefficient (Wildman–Crippen LogP) is 0.175. The van der Waals surface area contributed by atoms with E-state index in [0.717, 1.165) is 0 Å². The Balaban J connectivity index is 0. The van der Waals surface area contributed by atoms with Crippen molar-refractivity contribution in [2.75, 3.05) is 11.5 Å². The number of aldehydes is 1. The Hall–Kier alpha value is -0.330. The van der Waals surface area contributed by atoms with Crippen LogP contribution in [-0.4, -0.2) is 30.8 Å². The van der Waals surface area contributed by atoms with Gasteiger partial charge in [0.1, 0.15) is 6.29 Å². The van der Waals surface area contributed by atoms with Crippen LogP contribution in [0.2, 0.25) is 0 Å². The number of hydrogen-bond donors (Lipinski definition) is 2. The highest BCUT2D eigenvalue weighted by molar-refractivity contribution is 7.87. The lowest BCUT2D eigenvalue weighted by atomic mass is 10.8. The van der Waals surface area contributed by atoms with E-state index in [9.17, 15) is 8.42 Å². The van der Waals surface area contributed by atoms with E-state index in [2.05, 4.69) is 19.2 Å². The summed E-state index contributed by atoms with van der Waals surface area (Å²) in [5.74, 6) is -0.102. The SMILES string of the molecule is C=CC=O.O=S(=O)(O)CCS. The van der Waals surface area contributed by atoms with E-state index >= 15 is 0 Å². The molecule has 0 aromatic carbocycles. The Labute approximate surface area is 71.5 Å². The van der Waals surface area contributed by atoms with Crippen LogP contribution in [0, 0.1) is 0 Å². The highest BCUT2D eigenvalue weighted by Crippen LogP contribution is 1.81. The van der Waals surface area contributed by atoms with Gasteiger partial charge in [-0.3, -0.25) is 9.35 Å². The molecule has 11 heavy (non-hydrogen) atoms. The van der Waals surface area contributed by atoms with Gasteiger partial charge in [-0.1, -0.05) is 6.58 Å². The second-order valence-corrected chi connectivity index (χ2v) is 3.40. The molecule has 0 saturated carbocycles. The van der Waals surface area contributed by atoms with Gasteiger partial charge in [-0.05, 0) is 6.08 Å². The van der Waals surface area contributed by atoms with Gasteiger partial charge in [0.25, 0.3) is 10.1 Å². The van der Waals surface area contributed by atoms with Crippen molar-refractivity contribution in [2.24, 2.45) is 0 Å². The summed E-state index contributed by atoms with van der Waals surface area (Å²) in [6, 6.07) is 0. The largest absolute Gasteiger partial charge is 0.299 e. The predicted molar refractivity (Wildman–Crippen MR) is 46.5 cm³/mol. The normalized spacial score (nSPS) is 9.27. The molecule has 0 radical (unpaired) electrons. The smallest absolute Gasteiger partial charge is 0.265 e. The monoisotopic (exact) mass is 198 g/mol. The van der Waals surface area contributed by atoms with Gasteiger partial charge in [-0.15, -0.1) is 0 Å². The molecule has 0 aliphatic heterocycles. The Morgan fingerprint density at radius 3 is 1.91 bits per heavy atom. The maximum Gasteiger partial charge on any atom is 0.265 e. The van der Waals surface area contributed by atoms with Gasteiger partial charge in [0, 0.05) is 5.75 Å². The molecule has 0 fully saturated rings. The van der Waals surface area contributed by atoms with Crippen molar-refractivity contribution >= 4 is 29.0 Å². The summed E-state index contributed by atoms with van der Waals surface area (Å²) < 4.78 is 27.4. The third-order valence-corrected chi connectivity index (χ3v) is 1.69. The molecule has 0 aromatic rings. The van der Waals surface area contributed by atoms with Crippen LogP contribution in [0.1, 0.15) is 0 Å². The van der Waals surface area contributed by atoms with Crippen molar-refractivity contribution in [1.29, 1.82) is 0 Å². The maximum absolute atomic E-state index is 9.74. The highest BCUT2D eigenvalue weighted by atomic mass is 32.2. The third-order valence-electron chi connectivity index (χ3n) is 0.445. The quantitative estimate of drug-likeness (QED) is 0.293. The van der Waals surface area contributed by atoms with Gasteiger partial charge in [-0.2, -0.15) is 21.0 Å². The molecule has 66 valence electrons. The summed E-state index contributed by atoms with van der Waals surface area (Å²) in [4.78, 5) is 9.06. The summed E-state index contributed by atoms with van der Waals surface area (Å²) in [6.45, 7) is 3.11. The van der Waals surface area contributed by atoms with E-state index in [-0.39, 0.29) is 11.5 Å². The van der Waals surface area contributed by atoms with Crippen LogP contribution in [0.25, 0.3) is 0 Å². The standard InChI is InChI=1S/C3H4O.C2H6O3S2/c1-2-3-4;3-7(4,5)2-1-6/h2-3H,1H2;6H,1-2H2,(H,3,4,5). The topological polar surface area (TPSA) is 71.4 Å². The molecule has 0 atom stereocenters. The van der Waals surface area contributed by atoms with Gasteiger partial charge < -0.3 is 0 Å². The van der Waals surface area contributed by atoms with Crippen LogP contribution >= 0.6 is 12.6 Å². The molecule has 0 rings (SSSR count). The molecule has 0 saturated heterocycles. The molecule has 0 bridgehead atoms. The maximum atomic E-state index is 9.74. The van der Waals surface area contributed by atoms with Crippen molar-refractivity contribution in [3.63, 3.8) is 0 Å². The number of carbonyl (C=O) groups excluding carboxylic acids is 1. The molecule has 0 aliphatic rings. The Kier molecular flexibility index (Phi) is 9.38. The molecule has 1 N–H and O–H groups in total. The lowest BCUT2D eigenvalue weighted by Gasteiger charge is -1.85. The summed E-state index contributed by atoms with van der Waals surface area (Å²) in [5.41, 5.74) is 0. The molecular weight excluding hydrogens is 188 g/mol. The summed E-state index contributed by atoms with van der Waals surface area (Å²) in [7, 11) is -3.75. The van der Waals surface area contributed by atoms with Crippen molar-refractivity contribution < 1.29 is 17.8 Å². The lowest BCUT2D eigenvalue weighted by Crippen LogP contribution is -2.03. The minimum absolute atomic E-state index is 0.166. The zero-order chi connectivity index (χ0) is 9.33. The second-order valence-electron chi connectivity index (χ2n) is 1.38. The number of thiol groups is 1. The highest BCUT2D eigenvalue weighted by Gasteiger charge is 1.98. The number of rotatable bonds is 3. The number of hydrogen-bond acceptors (Lipinski definition) is 4. The zero-order valence-corrected chi connectivity index (χ0v) is 7.51. The van der Waals surface area contributed by atoms with Crippen LogP contribution in [0.15, 0.2) is 12.7 Å². The minimum Gasteiger partial charge on any atom is -0.299 e. The van der Waals surface area contributed by atoms with E-state index < -0.39 is 10.1 Å². The van der Waals surface area contributed by atoms with E-state index in [4.69, 9.17) is 9.35 Å². The molecule has 0 amide bonds. The van der Waals surface area contributed by atoms with Gasteiger partial charge in [0.2, 0.25) is 0 Å². The van der Waals surface area contributed by atoms with Gasteiger partial charge in [0.15, 0.2) is 0 Å². The van der Waals surface area contributed by atoms with E-state index in [0.29, 0.717) is 6.29 Å². The molecule has 0 spiro atoms.